The van der Waals surface area contributed by atoms with E-state index in [1.807, 2.05) is 6.92 Å². The zero-order chi connectivity index (χ0) is 11.5. The van der Waals surface area contributed by atoms with Crippen molar-refractivity contribution in [2.45, 2.75) is 32.6 Å². The first-order valence-electron chi connectivity index (χ1n) is 5.69. The number of hydrogen-bond acceptors (Lipinski definition) is 3. The molecular formula is C12H17FN2O. The van der Waals surface area contributed by atoms with E-state index < -0.39 is 0 Å². The van der Waals surface area contributed by atoms with E-state index >= 15 is 0 Å². The number of nitrogens with zero attached hydrogens (tertiary/aromatic N) is 1. The largest absolute Gasteiger partial charge is 0.356 e. The third-order valence-corrected chi connectivity index (χ3v) is 3.05. The molecule has 0 atom stereocenters. The third-order valence-electron chi connectivity index (χ3n) is 3.05. The van der Waals surface area contributed by atoms with Crippen molar-refractivity contribution < 1.29 is 8.91 Å². The minimum absolute atomic E-state index is 0.254. The molecule has 1 N–H and O–H groups in total. The summed E-state index contributed by atoms with van der Waals surface area (Å²) < 4.78 is 18.0. The lowest BCUT2D eigenvalue weighted by Gasteiger charge is -2.20. The van der Waals surface area contributed by atoms with Crippen LogP contribution in [0.2, 0.25) is 0 Å². The topological polar surface area (TPSA) is 38.1 Å². The number of aromatic nitrogens is 1. The van der Waals surface area contributed by atoms with E-state index in [4.69, 9.17) is 4.52 Å². The van der Waals surface area contributed by atoms with Crippen LogP contribution in [0.1, 0.15) is 42.7 Å². The average Bonchev–Trinajstić information content (AvgIpc) is 2.61. The van der Waals surface area contributed by atoms with Gasteiger partial charge in [-0.1, -0.05) is 5.16 Å². The van der Waals surface area contributed by atoms with Gasteiger partial charge in [-0.25, -0.2) is 4.39 Å². The van der Waals surface area contributed by atoms with E-state index in [1.54, 1.807) is 0 Å². The molecule has 1 fully saturated rings. The molecule has 88 valence electrons. The van der Waals surface area contributed by atoms with E-state index in [-0.39, 0.29) is 5.83 Å². The standard InChI is InChI=1S/C12H17FN2O/c1-8(13)7-11-9(2)12(15-16-11)10-3-5-14-6-4-10/h7,10,14H,3-6H2,1-2H3/b8-7+. The molecule has 0 unspecified atom stereocenters. The van der Waals surface area contributed by atoms with Gasteiger partial charge in [0.05, 0.1) is 5.69 Å². The van der Waals surface area contributed by atoms with E-state index in [9.17, 15) is 4.39 Å². The highest BCUT2D eigenvalue weighted by Crippen LogP contribution is 2.29. The van der Waals surface area contributed by atoms with E-state index in [1.165, 1.54) is 13.0 Å². The fourth-order valence-corrected chi connectivity index (χ4v) is 2.15. The van der Waals surface area contributed by atoms with Gasteiger partial charge in [0.2, 0.25) is 0 Å². The fourth-order valence-electron chi connectivity index (χ4n) is 2.15. The number of allylic oxidation sites excluding steroid dienone is 1. The molecule has 0 saturated carbocycles. The quantitative estimate of drug-likeness (QED) is 0.839. The summed E-state index contributed by atoms with van der Waals surface area (Å²) in [5.41, 5.74) is 1.97. The van der Waals surface area contributed by atoms with Crippen LogP contribution in [0.25, 0.3) is 6.08 Å². The van der Waals surface area contributed by atoms with Crippen molar-refractivity contribution in [1.82, 2.24) is 10.5 Å². The van der Waals surface area contributed by atoms with Crippen LogP contribution in [0.15, 0.2) is 10.3 Å². The Morgan fingerprint density at radius 3 is 2.81 bits per heavy atom. The number of nitrogens with one attached hydrogen (secondary N) is 1. The van der Waals surface area contributed by atoms with Crippen LogP contribution >= 0.6 is 0 Å². The number of piperidine rings is 1. The number of halogens is 1. The minimum Gasteiger partial charge on any atom is -0.356 e. The Labute approximate surface area is 94.7 Å². The van der Waals surface area contributed by atoms with Crippen molar-refractivity contribution >= 4 is 6.08 Å². The summed E-state index contributed by atoms with van der Waals surface area (Å²) in [4.78, 5) is 0. The summed E-state index contributed by atoms with van der Waals surface area (Å²) in [6.45, 7) is 5.39. The molecule has 4 heteroatoms. The van der Waals surface area contributed by atoms with Crippen LogP contribution in [0, 0.1) is 6.92 Å². The van der Waals surface area contributed by atoms with Gasteiger partial charge in [0.25, 0.3) is 0 Å². The van der Waals surface area contributed by atoms with Crippen molar-refractivity contribution in [1.29, 1.82) is 0 Å². The maximum atomic E-state index is 12.8. The highest BCUT2D eigenvalue weighted by Gasteiger charge is 2.22. The molecule has 16 heavy (non-hydrogen) atoms. The molecule has 0 aromatic carbocycles. The molecule has 1 saturated heterocycles. The van der Waals surface area contributed by atoms with Crippen molar-refractivity contribution in [3.63, 3.8) is 0 Å². The Morgan fingerprint density at radius 2 is 2.19 bits per heavy atom. The number of rotatable bonds is 2. The van der Waals surface area contributed by atoms with E-state index in [2.05, 4.69) is 10.5 Å². The molecule has 1 aromatic rings. The molecule has 1 aromatic heterocycles. The predicted octanol–water partition coefficient (Wildman–Crippen LogP) is 2.78. The normalized spacial score (nSPS) is 19.1. The maximum Gasteiger partial charge on any atom is 0.165 e. The van der Waals surface area contributed by atoms with E-state index in [0.29, 0.717) is 11.7 Å². The molecule has 2 heterocycles. The van der Waals surface area contributed by atoms with Crippen molar-refractivity contribution in [2.75, 3.05) is 13.1 Å². The zero-order valence-corrected chi connectivity index (χ0v) is 9.72. The molecule has 0 bridgehead atoms. The van der Waals surface area contributed by atoms with Gasteiger partial charge in [0, 0.05) is 17.6 Å². The molecule has 1 aliphatic rings. The lowest BCUT2D eigenvalue weighted by atomic mass is 9.92. The number of hydrogen-bond donors (Lipinski definition) is 1. The lowest BCUT2D eigenvalue weighted by Crippen LogP contribution is -2.27. The first-order valence-corrected chi connectivity index (χ1v) is 5.69. The van der Waals surface area contributed by atoms with Crippen LogP contribution < -0.4 is 5.32 Å². The zero-order valence-electron chi connectivity index (χ0n) is 9.72. The van der Waals surface area contributed by atoms with Crippen LogP contribution in [0.3, 0.4) is 0 Å². The smallest absolute Gasteiger partial charge is 0.165 e. The summed E-state index contributed by atoms with van der Waals surface area (Å²) in [5.74, 6) is 0.747. The third kappa shape index (κ3) is 2.32. The van der Waals surface area contributed by atoms with Crippen molar-refractivity contribution in [3.05, 3.63) is 22.8 Å². The van der Waals surface area contributed by atoms with Gasteiger partial charge < -0.3 is 9.84 Å². The molecule has 3 nitrogen and oxygen atoms in total. The van der Waals surface area contributed by atoms with Crippen LogP contribution in [-0.4, -0.2) is 18.2 Å². The molecule has 0 spiro atoms. The SMILES string of the molecule is C/C(F)=C\c1onc(C2CCNCC2)c1C. The van der Waals surface area contributed by atoms with Gasteiger partial charge in [-0.15, -0.1) is 0 Å². The van der Waals surface area contributed by atoms with E-state index in [0.717, 1.165) is 37.2 Å². The second-order valence-electron chi connectivity index (χ2n) is 4.31. The monoisotopic (exact) mass is 224 g/mol. The minimum atomic E-state index is -0.254. The van der Waals surface area contributed by atoms with Gasteiger partial charge in [-0.05, 0) is 39.8 Å². The summed E-state index contributed by atoms with van der Waals surface area (Å²) in [5, 5.41) is 7.39. The Kier molecular flexibility index (Phi) is 3.39. The average molecular weight is 224 g/mol. The Balaban J connectivity index is 2.22. The summed E-state index contributed by atoms with van der Waals surface area (Å²) in [6.07, 6.45) is 3.54. The first-order chi connectivity index (χ1) is 7.68. The highest BCUT2D eigenvalue weighted by atomic mass is 19.1. The van der Waals surface area contributed by atoms with Gasteiger partial charge in [-0.3, -0.25) is 0 Å². The molecule has 0 radical (unpaired) electrons. The molecule has 0 aliphatic carbocycles. The summed E-state index contributed by atoms with van der Waals surface area (Å²) in [7, 11) is 0. The van der Waals surface area contributed by atoms with Crippen LogP contribution in [0.4, 0.5) is 4.39 Å². The summed E-state index contributed by atoms with van der Waals surface area (Å²) in [6, 6.07) is 0. The predicted molar refractivity (Wildman–Crippen MR) is 60.8 cm³/mol. The second kappa shape index (κ2) is 4.78. The molecular weight excluding hydrogens is 207 g/mol. The molecule has 1 aliphatic heterocycles. The van der Waals surface area contributed by atoms with Gasteiger partial charge >= 0.3 is 0 Å². The first kappa shape index (κ1) is 11.3. The molecule has 2 rings (SSSR count). The Bertz CT molecular complexity index is 388. The molecule has 0 amide bonds. The van der Waals surface area contributed by atoms with Crippen molar-refractivity contribution in [2.24, 2.45) is 0 Å². The fraction of sp³-hybridized carbons (Fsp3) is 0.583. The highest BCUT2D eigenvalue weighted by molar-refractivity contribution is 5.50. The van der Waals surface area contributed by atoms with Crippen molar-refractivity contribution in [3.8, 4) is 0 Å². The van der Waals surface area contributed by atoms with Gasteiger partial charge in [0.15, 0.2) is 5.76 Å². The van der Waals surface area contributed by atoms with Crippen LogP contribution in [-0.2, 0) is 0 Å². The van der Waals surface area contributed by atoms with Gasteiger partial charge in [0.1, 0.15) is 5.83 Å². The van der Waals surface area contributed by atoms with Gasteiger partial charge in [-0.2, -0.15) is 0 Å². The Hall–Kier alpha value is -1.16. The maximum absolute atomic E-state index is 12.8. The Morgan fingerprint density at radius 1 is 1.50 bits per heavy atom. The summed E-state index contributed by atoms with van der Waals surface area (Å²) >= 11 is 0. The lowest BCUT2D eigenvalue weighted by molar-refractivity contribution is 0.380. The van der Waals surface area contributed by atoms with Crippen LogP contribution in [0.5, 0.6) is 0 Å². The second-order valence-corrected chi connectivity index (χ2v) is 4.31.